The van der Waals surface area contributed by atoms with Gasteiger partial charge in [-0.25, -0.2) is 13.8 Å². The second-order valence-corrected chi connectivity index (χ2v) is 3.42. The topological polar surface area (TPSA) is 36.7 Å². The third-order valence-corrected chi connectivity index (χ3v) is 2.25. The molecule has 0 aliphatic heterocycles. The van der Waals surface area contributed by atoms with Gasteiger partial charge >= 0.3 is 6.18 Å². The number of rotatable bonds is 1. The van der Waals surface area contributed by atoms with Crippen LogP contribution in [0.4, 0.5) is 22.0 Å². The third kappa shape index (κ3) is 2.47. The number of nitriles is 1. The number of hydrogen-bond acceptors (Lipinski definition) is 2. The minimum absolute atomic E-state index is 0.298. The lowest BCUT2D eigenvalue weighted by Gasteiger charge is -2.13. The molecule has 1 heterocycles. The van der Waals surface area contributed by atoms with E-state index >= 15 is 0 Å². The molecule has 0 fully saturated rings. The molecule has 0 aliphatic rings. The normalized spacial score (nSPS) is 11.6. The first kappa shape index (κ1) is 12.8. The van der Waals surface area contributed by atoms with Crippen molar-refractivity contribution in [3.05, 3.63) is 27.5 Å². The Balaban J connectivity index is 3.55. The molecule has 0 unspecified atom stereocenters. The third-order valence-electron chi connectivity index (χ3n) is 1.65. The highest BCUT2D eigenvalue weighted by molar-refractivity contribution is 9.10. The molecule has 0 saturated heterocycles. The minimum Gasteiger partial charge on any atom is -0.230 e. The van der Waals surface area contributed by atoms with Crippen LogP contribution in [0.5, 0.6) is 0 Å². The molecule has 0 N–H and O–H groups in total. The maximum Gasteiger partial charge on any atom is 0.417 e. The summed E-state index contributed by atoms with van der Waals surface area (Å²) in [4.78, 5) is 3.26. The summed E-state index contributed by atoms with van der Waals surface area (Å²) in [7, 11) is 0. The first-order valence-corrected chi connectivity index (χ1v) is 4.52. The highest BCUT2D eigenvalue weighted by atomic mass is 79.9. The van der Waals surface area contributed by atoms with Crippen molar-refractivity contribution in [3.8, 4) is 6.07 Å². The molecule has 0 saturated carbocycles. The van der Waals surface area contributed by atoms with Crippen LogP contribution in [0.1, 0.15) is 23.2 Å². The number of alkyl halides is 5. The summed E-state index contributed by atoms with van der Waals surface area (Å²) in [5.74, 6) is 0. The Labute approximate surface area is 94.8 Å². The van der Waals surface area contributed by atoms with E-state index in [1.807, 2.05) is 0 Å². The van der Waals surface area contributed by atoms with Crippen LogP contribution in [-0.4, -0.2) is 4.98 Å². The SMILES string of the molecule is N#Cc1cc(C(F)(F)F)c(C(F)F)c(Br)n1. The van der Waals surface area contributed by atoms with Crippen LogP contribution in [0, 0.1) is 11.3 Å². The van der Waals surface area contributed by atoms with Gasteiger partial charge in [-0.15, -0.1) is 0 Å². The number of nitrogens with zero attached hydrogens (tertiary/aromatic N) is 2. The minimum atomic E-state index is -4.96. The lowest BCUT2D eigenvalue weighted by molar-refractivity contribution is -0.139. The van der Waals surface area contributed by atoms with Crippen LogP contribution >= 0.6 is 15.9 Å². The van der Waals surface area contributed by atoms with E-state index in [1.165, 1.54) is 6.07 Å². The quantitative estimate of drug-likeness (QED) is 0.586. The lowest BCUT2D eigenvalue weighted by Crippen LogP contribution is -2.12. The Morgan fingerprint density at radius 3 is 2.31 bits per heavy atom. The largest absolute Gasteiger partial charge is 0.417 e. The summed E-state index contributed by atoms with van der Waals surface area (Å²) < 4.78 is 61.4. The molecule has 0 bridgehead atoms. The molecule has 1 aromatic rings. The van der Waals surface area contributed by atoms with Gasteiger partial charge in [0.2, 0.25) is 0 Å². The van der Waals surface area contributed by atoms with Gasteiger partial charge < -0.3 is 0 Å². The zero-order chi connectivity index (χ0) is 12.5. The Morgan fingerprint density at radius 1 is 1.38 bits per heavy atom. The molecule has 86 valence electrons. The average molecular weight is 301 g/mol. The van der Waals surface area contributed by atoms with Crippen LogP contribution in [0.25, 0.3) is 0 Å². The first-order valence-electron chi connectivity index (χ1n) is 3.73. The number of pyridine rings is 1. The molecule has 1 rings (SSSR count). The van der Waals surface area contributed by atoms with Crippen molar-refractivity contribution < 1.29 is 22.0 Å². The zero-order valence-electron chi connectivity index (χ0n) is 7.32. The van der Waals surface area contributed by atoms with Gasteiger partial charge in [0.25, 0.3) is 6.43 Å². The number of hydrogen-bond donors (Lipinski definition) is 0. The van der Waals surface area contributed by atoms with Crippen molar-refractivity contribution in [2.75, 3.05) is 0 Å². The molecule has 2 nitrogen and oxygen atoms in total. The van der Waals surface area contributed by atoms with Gasteiger partial charge in [-0.1, -0.05) is 0 Å². The van der Waals surface area contributed by atoms with Gasteiger partial charge in [-0.05, 0) is 22.0 Å². The van der Waals surface area contributed by atoms with E-state index in [1.54, 1.807) is 0 Å². The van der Waals surface area contributed by atoms with E-state index < -0.39 is 34.0 Å². The molecule has 0 aliphatic carbocycles. The van der Waals surface area contributed by atoms with Crippen LogP contribution in [-0.2, 0) is 6.18 Å². The van der Waals surface area contributed by atoms with Crippen LogP contribution in [0.3, 0.4) is 0 Å². The standard InChI is InChI=1S/C8H2BrF5N2/c9-6-5(7(10)11)4(8(12,13)14)1-3(2-15)16-6/h1,7H. The second-order valence-electron chi connectivity index (χ2n) is 2.67. The number of aromatic nitrogens is 1. The van der Waals surface area contributed by atoms with Gasteiger partial charge in [-0.2, -0.15) is 18.4 Å². The molecule has 0 atom stereocenters. The summed E-state index contributed by atoms with van der Waals surface area (Å²) in [6.45, 7) is 0. The molecule has 8 heteroatoms. The Kier molecular flexibility index (Phi) is 3.48. The van der Waals surface area contributed by atoms with Crippen LogP contribution in [0.2, 0.25) is 0 Å². The smallest absolute Gasteiger partial charge is 0.230 e. The van der Waals surface area contributed by atoms with Crippen LogP contribution < -0.4 is 0 Å². The van der Waals surface area contributed by atoms with E-state index in [0.29, 0.717) is 6.07 Å². The summed E-state index contributed by atoms with van der Waals surface area (Å²) in [5.41, 5.74) is -3.39. The van der Waals surface area contributed by atoms with Crippen molar-refractivity contribution >= 4 is 15.9 Å². The monoisotopic (exact) mass is 300 g/mol. The van der Waals surface area contributed by atoms with Crippen molar-refractivity contribution in [1.82, 2.24) is 4.98 Å². The maximum atomic E-state index is 12.4. The van der Waals surface area contributed by atoms with E-state index in [0.717, 1.165) is 0 Å². The molecule has 1 aromatic heterocycles. The van der Waals surface area contributed by atoms with Gasteiger partial charge in [0.1, 0.15) is 16.4 Å². The van der Waals surface area contributed by atoms with Crippen LogP contribution in [0.15, 0.2) is 10.7 Å². The molecule has 16 heavy (non-hydrogen) atoms. The summed E-state index contributed by atoms with van der Waals surface area (Å²) in [6.07, 6.45) is -8.28. The summed E-state index contributed by atoms with van der Waals surface area (Å²) in [6, 6.07) is 1.66. The first-order chi connectivity index (χ1) is 7.27. The second kappa shape index (κ2) is 4.33. The summed E-state index contributed by atoms with van der Waals surface area (Å²) in [5, 5.41) is 8.39. The van der Waals surface area contributed by atoms with Crippen molar-refractivity contribution in [3.63, 3.8) is 0 Å². The Hall–Kier alpha value is -1.23. The van der Waals surface area contributed by atoms with Gasteiger partial charge in [-0.3, -0.25) is 0 Å². The Morgan fingerprint density at radius 2 is 1.94 bits per heavy atom. The van der Waals surface area contributed by atoms with E-state index in [2.05, 4.69) is 20.9 Å². The lowest BCUT2D eigenvalue weighted by atomic mass is 10.1. The summed E-state index contributed by atoms with van der Waals surface area (Å²) >= 11 is 2.49. The fraction of sp³-hybridized carbons (Fsp3) is 0.250. The fourth-order valence-electron chi connectivity index (χ4n) is 1.02. The average Bonchev–Trinajstić information content (AvgIpc) is 2.14. The van der Waals surface area contributed by atoms with E-state index in [-0.39, 0.29) is 0 Å². The molecule has 0 radical (unpaired) electrons. The predicted octanol–water partition coefficient (Wildman–Crippen LogP) is 3.67. The molecule has 0 spiro atoms. The molecule has 0 aromatic carbocycles. The molecule has 0 amide bonds. The molecular formula is C8H2BrF5N2. The molecular weight excluding hydrogens is 299 g/mol. The van der Waals surface area contributed by atoms with E-state index in [9.17, 15) is 22.0 Å². The highest BCUT2D eigenvalue weighted by Crippen LogP contribution is 2.39. The predicted molar refractivity (Wildman–Crippen MR) is 46.6 cm³/mol. The van der Waals surface area contributed by atoms with Gasteiger partial charge in [0.15, 0.2) is 0 Å². The highest BCUT2D eigenvalue weighted by Gasteiger charge is 2.38. The van der Waals surface area contributed by atoms with Crippen molar-refractivity contribution in [2.24, 2.45) is 0 Å². The van der Waals surface area contributed by atoms with Crippen molar-refractivity contribution in [2.45, 2.75) is 12.6 Å². The maximum absolute atomic E-state index is 12.4. The zero-order valence-corrected chi connectivity index (χ0v) is 8.90. The van der Waals surface area contributed by atoms with Gasteiger partial charge in [0, 0.05) is 0 Å². The number of halogens is 6. The van der Waals surface area contributed by atoms with E-state index in [4.69, 9.17) is 5.26 Å². The fourth-order valence-corrected chi connectivity index (χ4v) is 1.60. The Bertz CT molecular complexity index is 449. The van der Waals surface area contributed by atoms with Gasteiger partial charge in [0.05, 0.1) is 11.1 Å². The van der Waals surface area contributed by atoms with Crippen molar-refractivity contribution in [1.29, 1.82) is 5.26 Å².